The number of rotatable bonds is 3. The van der Waals surface area contributed by atoms with Crippen LogP contribution in [0, 0.1) is 6.92 Å². The van der Waals surface area contributed by atoms with Gasteiger partial charge < -0.3 is 8.90 Å². The first kappa shape index (κ1) is 9.33. The average molecular weight is 168 g/mol. The fourth-order valence-corrected chi connectivity index (χ4v) is 1.10. The van der Waals surface area contributed by atoms with Crippen molar-refractivity contribution in [2.24, 2.45) is 0 Å². The van der Waals surface area contributed by atoms with Crippen molar-refractivity contribution in [3.05, 3.63) is 23.7 Å². The molecule has 0 N–H and O–H groups in total. The fraction of sp³-hybridized carbons (Fsp3) is 0.600. The number of hydrogen-bond acceptors (Lipinski definition) is 1. The Balaban J connectivity index is 2.49. The van der Waals surface area contributed by atoms with E-state index in [0.29, 0.717) is 0 Å². The Labute approximate surface area is 74.4 Å². The maximum absolute atomic E-state index is 5.35. The number of quaternary nitrogens is 1. The van der Waals surface area contributed by atoms with Gasteiger partial charge in [0.2, 0.25) is 0 Å². The van der Waals surface area contributed by atoms with Crippen LogP contribution in [0.3, 0.4) is 0 Å². The van der Waals surface area contributed by atoms with Gasteiger partial charge >= 0.3 is 0 Å². The molecule has 0 atom stereocenters. The van der Waals surface area contributed by atoms with E-state index in [9.17, 15) is 0 Å². The Bertz CT molecular complexity index is 245. The Kier molecular flexibility index (Phi) is 2.58. The van der Waals surface area contributed by atoms with E-state index in [1.165, 1.54) is 5.56 Å². The second-order valence-corrected chi connectivity index (χ2v) is 4.29. The van der Waals surface area contributed by atoms with Crippen molar-refractivity contribution in [2.75, 3.05) is 27.7 Å². The highest BCUT2D eigenvalue weighted by Crippen LogP contribution is 2.10. The Morgan fingerprint density at radius 2 is 2.00 bits per heavy atom. The minimum atomic E-state index is 0.986. The maximum atomic E-state index is 5.35. The molecule has 0 spiro atoms. The van der Waals surface area contributed by atoms with Crippen LogP contribution in [-0.4, -0.2) is 32.2 Å². The van der Waals surface area contributed by atoms with E-state index in [-0.39, 0.29) is 0 Å². The summed E-state index contributed by atoms with van der Waals surface area (Å²) in [5.41, 5.74) is 1.27. The molecule has 1 aromatic heterocycles. The van der Waals surface area contributed by atoms with Crippen LogP contribution in [0.2, 0.25) is 0 Å². The van der Waals surface area contributed by atoms with Gasteiger partial charge in [0.25, 0.3) is 0 Å². The van der Waals surface area contributed by atoms with E-state index < -0.39 is 0 Å². The average Bonchev–Trinajstić information content (AvgIpc) is 2.29. The summed E-state index contributed by atoms with van der Waals surface area (Å²) in [6.07, 6.45) is 2.79. The van der Waals surface area contributed by atoms with Crippen LogP contribution in [0.25, 0.3) is 0 Å². The highest BCUT2D eigenvalue weighted by atomic mass is 16.3. The molecule has 1 aromatic rings. The smallest absolute Gasteiger partial charge is 0.112 e. The molecule has 1 rings (SSSR count). The summed E-state index contributed by atoms with van der Waals surface area (Å²) in [7, 11) is 6.58. The lowest BCUT2D eigenvalue weighted by molar-refractivity contribution is -0.870. The van der Waals surface area contributed by atoms with Crippen LogP contribution in [0.1, 0.15) is 11.3 Å². The van der Waals surface area contributed by atoms with Gasteiger partial charge in [0.1, 0.15) is 5.76 Å². The van der Waals surface area contributed by atoms with Gasteiger partial charge in [-0.25, -0.2) is 0 Å². The first-order valence-electron chi connectivity index (χ1n) is 4.32. The molecule has 0 aliphatic heterocycles. The molecular formula is C10H18NO+. The first-order valence-corrected chi connectivity index (χ1v) is 4.32. The Hall–Kier alpha value is -0.760. The molecule has 0 amide bonds. The molecule has 0 saturated heterocycles. The third kappa shape index (κ3) is 2.70. The molecule has 1 heterocycles. The lowest BCUT2D eigenvalue weighted by Gasteiger charge is -2.23. The zero-order valence-corrected chi connectivity index (χ0v) is 8.42. The van der Waals surface area contributed by atoms with Crippen LogP contribution in [0.4, 0.5) is 0 Å². The summed E-state index contributed by atoms with van der Waals surface area (Å²) in [5.74, 6) is 1.13. The molecule has 68 valence electrons. The van der Waals surface area contributed by atoms with E-state index in [4.69, 9.17) is 4.42 Å². The topological polar surface area (TPSA) is 13.1 Å². The highest BCUT2D eigenvalue weighted by molar-refractivity contribution is 5.14. The maximum Gasteiger partial charge on any atom is 0.112 e. The molecule has 12 heavy (non-hydrogen) atoms. The number of likely N-dealkylation sites (N-methyl/N-ethyl adjacent to an activating group) is 1. The van der Waals surface area contributed by atoms with Crippen LogP contribution in [0.5, 0.6) is 0 Å². The van der Waals surface area contributed by atoms with Crippen molar-refractivity contribution in [1.82, 2.24) is 0 Å². The van der Waals surface area contributed by atoms with Crippen molar-refractivity contribution >= 4 is 0 Å². The summed E-state index contributed by atoms with van der Waals surface area (Å²) in [5, 5.41) is 0. The first-order chi connectivity index (χ1) is 5.49. The molecule has 2 heteroatoms. The van der Waals surface area contributed by atoms with Gasteiger partial charge in [-0.2, -0.15) is 0 Å². The fourth-order valence-electron chi connectivity index (χ4n) is 1.10. The molecule has 2 nitrogen and oxygen atoms in total. The second kappa shape index (κ2) is 3.31. The van der Waals surface area contributed by atoms with Gasteiger partial charge in [0.05, 0.1) is 40.4 Å². The van der Waals surface area contributed by atoms with Crippen molar-refractivity contribution in [3.8, 4) is 0 Å². The molecule has 0 bridgehead atoms. The van der Waals surface area contributed by atoms with Crippen molar-refractivity contribution in [1.29, 1.82) is 0 Å². The van der Waals surface area contributed by atoms with E-state index in [1.54, 1.807) is 6.26 Å². The number of nitrogens with zero attached hydrogens (tertiary/aromatic N) is 1. The SMILES string of the molecule is Cc1ccoc1CC[N+](C)(C)C. The highest BCUT2D eigenvalue weighted by Gasteiger charge is 2.09. The third-order valence-electron chi connectivity index (χ3n) is 1.98. The van der Waals surface area contributed by atoms with Crippen molar-refractivity contribution in [2.45, 2.75) is 13.3 Å². The van der Waals surface area contributed by atoms with Crippen molar-refractivity contribution < 1.29 is 8.90 Å². The number of aryl methyl sites for hydroxylation is 1. The monoisotopic (exact) mass is 168 g/mol. The van der Waals surface area contributed by atoms with Gasteiger partial charge in [-0.1, -0.05) is 0 Å². The van der Waals surface area contributed by atoms with Gasteiger partial charge in [0, 0.05) is 0 Å². The van der Waals surface area contributed by atoms with Gasteiger partial charge in [-0.15, -0.1) is 0 Å². The van der Waals surface area contributed by atoms with Gasteiger partial charge in [0.15, 0.2) is 0 Å². The standard InChI is InChI=1S/C10H18NO/c1-9-6-8-12-10(9)5-7-11(2,3)4/h6,8H,5,7H2,1-4H3/q+1. The van der Waals surface area contributed by atoms with Crippen LogP contribution in [0.15, 0.2) is 16.7 Å². The second-order valence-electron chi connectivity index (χ2n) is 4.29. The lowest BCUT2D eigenvalue weighted by Crippen LogP contribution is -2.36. The van der Waals surface area contributed by atoms with Crippen LogP contribution < -0.4 is 0 Å². The molecule has 0 unspecified atom stereocenters. The minimum absolute atomic E-state index is 0.986. The largest absolute Gasteiger partial charge is 0.469 e. The molecule has 0 radical (unpaired) electrons. The molecular weight excluding hydrogens is 150 g/mol. The predicted molar refractivity (Wildman–Crippen MR) is 50.0 cm³/mol. The lowest BCUT2D eigenvalue weighted by atomic mass is 10.2. The summed E-state index contributed by atoms with van der Waals surface area (Å²) < 4.78 is 6.34. The number of furan rings is 1. The minimum Gasteiger partial charge on any atom is -0.469 e. The number of hydrogen-bond donors (Lipinski definition) is 0. The molecule has 0 aromatic carbocycles. The normalized spacial score (nSPS) is 12.0. The van der Waals surface area contributed by atoms with E-state index in [0.717, 1.165) is 23.2 Å². The van der Waals surface area contributed by atoms with Crippen molar-refractivity contribution in [3.63, 3.8) is 0 Å². The van der Waals surface area contributed by atoms with E-state index >= 15 is 0 Å². The molecule has 0 fully saturated rings. The van der Waals surface area contributed by atoms with Gasteiger partial charge in [-0.3, -0.25) is 0 Å². The summed E-state index contributed by atoms with van der Waals surface area (Å²) in [6, 6.07) is 2.02. The molecule has 0 saturated carbocycles. The summed E-state index contributed by atoms with van der Waals surface area (Å²) in [4.78, 5) is 0. The van der Waals surface area contributed by atoms with Gasteiger partial charge in [-0.05, 0) is 18.6 Å². The zero-order chi connectivity index (χ0) is 9.19. The summed E-state index contributed by atoms with van der Waals surface area (Å²) >= 11 is 0. The van der Waals surface area contributed by atoms with Crippen LogP contribution in [-0.2, 0) is 6.42 Å². The van der Waals surface area contributed by atoms with E-state index in [1.807, 2.05) is 6.07 Å². The third-order valence-corrected chi connectivity index (χ3v) is 1.98. The quantitative estimate of drug-likeness (QED) is 0.628. The summed E-state index contributed by atoms with van der Waals surface area (Å²) in [6.45, 7) is 3.21. The molecule has 0 aliphatic rings. The van der Waals surface area contributed by atoms with Crippen LogP contribution >= 0.6 is 0 Å². The Morgan fingerprint density at radius 1 is 1.33 bits per heavy atom. The predicted octanol–water partition coefficient (Wildman–Crippen LogP) is 1.84. The van der Waals surface area contributed by atoms with E-state index in [2.05, 4.69) is 28.1 Å². The molecule has 0 aliphatic carbocycles. The zero-order valence-electron chi connectivity index (χ0n) is 8.42. The Morgan fingerprint density at radius 3 is 2.42 bits per heavy atom.